The van der Waals surface area contributed by atoms with Crippen molar-refractivity contribution in [3.8, 4) is 11.8 Å². The van der Waals surface area contributed by atoms with Crippen LogP contribution in [0, 0.1) is 11.8 Å². The molecule has 0 saturated carbocycles. The summed E-state index contributed by atoms with van der Waals surface area (Å²) in [4.78, 5) is 11.1. The Labute approximate surface area is 195 Å². The molecule has 0 fully saturated rings. The van der Waals surface area contributed by atoms with Crippen LogP contribution in [-0.2, 0) is 14.0 Å². The van der Waals surface area contributed by atoms with E-state index in [9.17, 15) is 4.79 Å². The zero-order valence-corrected chi connectivity index (χ0v) is 21.3. The lowest BCUT2D eigenvalue weighted by Gasteiger charge is -2.44. The topological polar surface area (TPSA) is 35.5 Å². The smallest absolute Gasteiger partial charge is 0.303 e. The molecular weight excluding hydrogens is 412 g/mol. The number of hydrogen-bond acceptors (Lipinski definition) is 3. The third-order valence-corrected chi connectivity index (χ3v) is 10.7. The van der Waals surface area contributed by atoms with Gasteiger partial charge in [0.15, 0.2) is 6.61 Å². The Morgan fingerprint density at radius 3 is 1.97 bits per heavy atom. The quantitative estimate of drug-likeness (QED) is 0.208. The molecule has 0 saturated heterocycles. The molecule has 1 unspecified atom stereocenters. The lowest BCUT2D eigenvalue weighted by Crippen LogP contribution is -2.67. The predicted molar refractivity (Wildman–Crippen MR) is 136 cm³/mol. The summed E-state index contributed by atoms with van der Waals surface area (Å²) in [6, 6.07) is 21.3. The molecule has 1 atom stereocenters. The molecule has 32 heavy (non-hydrogen) atoms. The van der Waals surface area contributed by atoms with Crippen molar-refractivity contribution in [2.75, 3.05) is 6.61 Å². The minimum Gasteiger partial charge on any atom is -0.453 e. The Kier molecular flexibility index (Phi) is 10.2. The van der Waals surface area contributed by atoms with Gasteiger partial charge in [0.25, 0.3) is 8.32 Å². The summed E-state index contributed by atoms with van der Waals surface area (Å²) in [7, 11) is -2.67. The predicted octanol–water partition coefficient (Wildman–Crippen LogP) is 5.47. The Balaban J connectivity index is 2.49. The van der Waals surface area contributed by atoms with Crippen LogP contribution in [0.25, 0.3) is 0 Å². The number of hydrogen-bond donors (Lipinski definition) is 0. The second-order valence-electron chi connectivity index (χ2n) is 9.22. The summed E-state index contributed by atoms with van der Waals surface area (Å²) < 4.78 is 12.2. The van der Waals surface area contributed by atoms with Gasteiger partial charge in [-0.1, -0.05) is 119 Å². The first kappa shape index (κ1) is 25.9. The van der Waals surface area contributed by atoms with E-state index in [1.807, 2.05) is 0 Å². The van der Waals surface area contributed by atoms with Crippen molar-refractivity contribution in [1.29, 1.82) is 0 Å². The number of benzene rings is 2. The number of carbonyl (C=O) groups excluding carboxylic acids is 1. The maximum Gasteiger partial charge on any atom is 0.303 e. The first-order valence-corrected chi connectivity index (χ1v) is 13.6. The molecule has 0 aliphatic carbocycles. The molecule has 0 amide bonds. The first-order valence-electron chi connectivity index (χ1n) is 11.7. The normalized spacial score (nSPS) is 12.5. The van der Waals surface area contributed by atoms with Crippen molar-refractivity contribution >= 4 is 24.7 Å². The highest BCUT2D eigenvalue weighted by atomic mass is 28.4. The van der Waals surface area contributed by atoms with Crippen LogP contribution >= 0.6 is 0 Å². The molecule has 0 bridgehead atoms. The first-order chi connectivity index (χ1) is 15.3. The molecule has 3 nitrogen and oxygen atoms in total. The van der Waals surface area contributed by atoms with Gasteiger partial charge in [0, 0.05) is 6.92 Å². The molecule has 0 heterocycles. The van der Waals surface area contributed by atoms with Crippen molar-refractivity contribution in [3.63, 3.8) is 0 Å². The van der Waals surface area contributed by atoms with Gasteiger partial charge in [-0.15, -0.1) is 0 Å². The van der Waals surface area contributed by atoms with E-state index in [1.165, 1.54) is 36.6 Å². The summed E-state index contributed by atoms with van der Waals surface area (Å²) in [6.45, 7) is 10.6. The van der Waals surface area contributed by atoms with Gasteiger partial charge in [0.2, 0.25) is 0 Å². The van der Waals surface area contributed by atoms with Gasteiger partial charge in [-0.05, 0) is 28.3 Å². The van der Waals surface area contributed by atoms with Crippen LogP contribution < -0.4 is 10.4 Å². The molecule has 0 aromatic heterocycles. The standard InChI is InChI=1S/C28H38O3Si/c1-6-7-8-11-17-25(18-16-23-30-24(2)29)31-32(28(3,4)5,26-19-12-9-13-20-26)27-21-14-10-15-22-27/h9-10,12-15,19-22,25H,6-8,11,17,23H2,1-5H3. The number of carbonyl (C=O) groups is 1. The molecule has 2 aromatic rings. The second kappa shape index (κ2) is 12.6. The number of rotatable bonds is 10. The van der Waals surface area contributed by atoms with Gasteiger partial charge in [-0.3, -0.25) is 4.79 Å². The van der Waals surface area contributed by atoms with Crippen LogP contribution in [0.3, 0.4) is 0 Å². The zero-order chi connectivity index (χ0) is 23.5. The summed E-state index contributed by atoms with van der Waals surface area (Å²) >= 11 is 0. The Bertz CT molecular complexity index is 836. The van der Waals surface area contributed by atoms with E-state index in [1.54, 1.807) is 0 Å². The van der Waals surface area contributed by atoms with Crippen LogP contribution in [-0.4, -0.2) is 27.0 Å². The Hall–Kier alpha value is -2.35. The van der Waals surface area contributed by atoms with Gasteiger partial charge < -0.3 is 9.16 Å². The van der Waals surface area contributed by atoms with E-state index in [0.29, 0.717) is 0 Å². The molecular formula is C28H38O3Si. The molecule has 4 heteroatoms. The third-order valence-electron chi connectivity index (χ3n) is 5.67. The van der Waals surface area contributed by atoms with Crippen molar-refractivity contribution in [2.24, 2.45) is 0 Å². The van der Waals surface area contributed by atoms with Gasteiger partial charge in [-0.25, -0.2) is 0 Å². The van der Waals surface area contributed by atoms with Crippen molar-refractivity contribution in [3.05, 3.63) is 60.7 Å². The van der Waals surface area contributed by atoms with Gasteiger partial charge in [-0.2, -0.15) is 0 Å². The van der Waals surface area contributed by atoms with Gasteiger partial charge in [0.05, 0.1) is 0 Å². The molecule has 172 valence electrons. The zero-order valence-electron chi connectivity index (χ0n) is 20.3. The van der Waals surface area contributed by atoms with E-state index in [4.69, 9.17) is 9.16 Å². The summed E-state index contributed by atoms with van der Waals surface area (Å²) in [5, 5.41) is 2.40. The van der Waals surface area contributed by atoms with E-state index >= 15 is 0 Å². The van der Waals surface area contributed by atoms with E-state index in [0.717, 1.165) is 12.8 Å². The van der Waals surface area contributed by atoms with Crippen LogP contribution in [0.2, 0.25) is 5.04 Å². The van der Waals surface area contributed by atoms with Crippen molar-refractivity contribution in [2.45, 2.75) is 77.9 Å². The SMILES string of the molecule is CCCCCCC(C#CCOC(C)=O)O[Si](c1ccccc1)(c1ccccc1)C(C)(C)C. The molecule has 0 spiro atoms. The van der Waals surface area contributed by atoms with E-state index in [-0.39, 0.29) is 23.7 Å². The molecule has 0 N–H and O–H groups in total. The highest BCUT2D eigenvalue weighted by molar-refractivity contribution is 6.99. The highest BCUT2D eigenvalue weighted by Gasteiger charge is 2.51. The molecule has 0 radical (unpaired) electrons. The largest absolute Gasteiger partial charge is 0.453 e. The average molecular weight is 451 g/mol. The summed E-state index contributed by atoms with van der Waals surface area (Å²) in [5.74, 6) is 6.03. The van der Waals surface area contributed by atoms with Crippen molar-refractivity contribution < 1.29 is 14.0 Å². The van der Waals surface area contributed by atoms with Crippen molar-refractivity contribution in [1.82, 2.24) is 0 Å². The lowest BCUT2D eigenvalue weighted by molar-refractivity contribution is -0.139. The maximum atomic E-state index is 11.1. The minimum absolute atomic E-state index is 0.102. The molecule has 0 aliphatic heterocycles. The van der Waals surface area contributed by atoms with E-state index in [2.05, 4.69) is 100 Å². The van der Waals surface area contributed by atoms with Crippen LogP contribution in [0.5, 0.6) is 0 Å². The molecule has 0 aliphatic rings. The highest BCUT2D eigenvalue weighted by Crippen LogP contribution is 2.38. The van der Waals surface area contributed by atoms with Gasteiger partial charge >= 0.3 is 5.97 Å². The average Bonchev–Trinajstić information content (AvgIpc) is 2.77. The fraction of sp³-hybridized carbons (Fsp3) is 0.464. The fourth-order valence-corrected chi connectivity index (χ4v) is 8.73. The number of ether oxygens (including phenoxy) is 1. The molecule has 2 rings (SSSR count). The Morgan fingerprint density at radius 1 is 0.938 bits per heavy atom. The number of esters is 1. The summed E-state index contributed by atoms with van der Waals surface area (Å²) in [5.41, 5.74) is 0. The second-order valence-corrected chi connectivity index (χ2v) is 13.5. The lowest BCUT2D eigenvalue weighted by atomic mass is 10.1. The van der Waals surface area contributed by atoms with E-state index < -0.39 is 8.32 Å². The minimum atomic E-state index is -2.67. The monoisotopic (exact) mass is 450 g/mol. The fourth-order valence-electron chi connectivity index (χ4n) is 4.11. The van der Waals surface area contributed by atoms with Crippen LogP contribution in [0.1, 0.15) is 66.7 Å². The Morgan fingerprint density at radius 2 is 1.50 bits per heavy atom. The third kappa shape index (κ3) is 7.08. The van der Waals surface area contributed by atoms with Crippen LogP contribution in [0.15, 0.2) is 60.7 Å². The summed E-state index contributed by atoms with van der Waals surface area (Å²) in [6.07, 6.45) is 5.30. The van der Waals surface area contributed by atoms with Gasteiger partial charge in [0.1, 0.15) is 6.10 Å². The van der Waals surface area contributed by atoms with Crippen LogP contribution in [0.4, 0.5) is 0 Å². The number of unbranched alkanes of at least 4 members (excludes halogenated alkanes) is 3. The maximum absolute atomic E-state index is 11.1. The molecule has 2 aromatic carbocycles.